The largest absolute Gasteiger partial charge is 0.328 e. The molecule has 0 radical (unpaired) electrons. The van der Waals surface area contributed by atoms with E-state index in [0.29, 0.717) is 12.2 Å². The topological polar surface area (TPSA) is 60.2 Å². The molecule has 0 rings (SSSR count). The van der Waals surface area contributed by atoms with E-state index >= 15 is 0 Å². The van der Waals surface area contributed by atoms with Crippen molar-refractivity contribution in [3.8, 4) is 0 Å². The summed E-state index contributed by atoms with van der Waals surface area (Å²) in [5, 5.41) is 0. The molecule has 2 N–H and O–H groups in total. The molecule has 0 amide bonds. The van der Waals surface area contributed by atoms with E-state index in [-0.39, 0.29) is 11.8 Å². The van der Waals surface area contributed by atoms with Crippen molar-refractivity contribution in [2.75, 3.05) is 11.5 Å². The van der Waals surface area contributed by atoms with Crippen LogP contribution in [0.4, 0.5) is 0 Å². The van der Waals surface area contributed by atoms with E-state index in [4.69, 9.17) is 5.73 Å². The minimum atomic E-state index is -2.84. The van der Waals surface area contributed by atoms with Crippen molar-refractivity contribution in [2.24, 2.45) is 5.73 Å². The summed E-state index contributed by atoms with van der Waals surface area (Å²) in [6, 6.07) is -0.0140. The summed E-state index contributed by atoms with van der Waals surface area (Å²) in [5.74, 6) is 0.585. The Balaban J connectivity index is 3.56. The first-order chi connectivity index (χ1) is 6.98. The van der Waals surface area contributed by atoms with Crippen LogP contribution >= 0.6 is 0 Å². The summed E-state index contributed by atoms with van der Waals surface area (Å²) in [6.07, 6.45) is 5.97. The molecule has 0 bridgehead atoms. The molecule has 0 saturated heterocycles. The first-order valence-corrected chi connectivity index (χ1v) is 7.76. The summed E-state index contributed by atoms with van der Waals surface area (Å²) >= 11 is 0. The molecule has 3 nitrogen and oxygen atoms in total. The highest BCUT2D eigenvalue weighted by molar-refractivity contribution is 7.91. The number of hydrogen-bond acceptors (Lipinski definition) is 3. The molecule has 0 heterocycles. The van der Waals surface area contributed by atoms with Crippen LogP contribution in [-0.2, 0) is 9.84 Å². The number of hydrogen-bond donors (Lipinski definition) is 1. The smallest absolute Gasteiger partial charge is 0.150 e. The van der Waals surface area contributed by atoms with Gasteiger partial charge in [-0.2, -0.15) is 0 Å². The highest BCUT2D eigenvalue weighted by Crippen LogP contribution is 2.06. The first kappa shape index (κ1) is 14.9. The minimum Gasteiger partial charge on any atom is -0.328 e. The van der Waals surface area contributed by atoms with Crippen LogP contribution in [0.25, 0.3) is 0 Å². The van der Waals surface area contributed by atoms with Gasteiger partial charge in [-0.25, -0.2) is 8.42 Å². The normalized spacial score (nSPS) is 14.1. The third-order valence-electron chi connectivity index (χ3n) is 2.44. The van der Waals surface area contributed by atoms with Crippen LogP contribution in [0.1, 0.15) is 52.4 Å². The fraction of sp³-hybridized carbons (Fsp3) is 1.00. The molecule has 1 unspecified atom stereocenters. The second-order valence-corrected chi connectivity index (χ2v) is 6.64. The maximum absolute atomic E-state index is 11.5. The number of sulfone groups is 1. The highest BCUT2D eigenvalue weighted by atomic mass is 32.2. The Morgan fingerprint density at radius 3 is 2.20 bits per heavy atom. The molecular formula is C11H25NO2S. The summed E-state index contributed by atoms with van der Waals surface area (Å²) in [6.45, 7) is 4.00. The zero-order chi connectivity index (χ0) is 11.7. The van der Waals surface area contributed by atoms with Gasteiger partial charge in [-0.1, -0.05) is 32.6 Å². The average Bonchev–Trinajstić information content (AvgIpc) is 2.15. The van der Waals surface area contributed by atoms with Crippen LogP contribution in [0.5, 0.6) is 0 Å². The summed E-state index contributed by atoms with van der Waals surface area (Å²) < 4.78 is 23.0. The third-order valence-corrected chi connectivity index (χ3v) is 4.21. The van der Waals surface area contributed by atoms with Gasteiger partial charge in [0.25, 0.3) is 0 Å². The fourth-order valence-corrected chi connectivity index (χ4v) is 2.97. The maximum atomic E-state index is 11.5. The van der Waals surface area contributed by atoms with E-state index in [1.165, 1.54) is 12.8 Å². The molecule has 0 aromatic rings. The summed E-state index contributed by atoms with van der Waals surface area (Å²) in [7, 11) is -2.84. The molecule has 0 aliphatic rings. The van der Waals surface area contributed by atoms with Crippen LogP contribution in [0.15, 0.2) is 0 Å². The molecular weight excluding hydrogens is 210 g/mol. The lowest BCUT2D eigenvalue weighted by atomic mass is 10.2. The second-order valence-electron chi connectivity index (χ2n) is 4.33. The molecule has 1 atom stereocenters. The van der Waals surface area contributed by atoms with Gasteiger partial charge in [-0.05, 0) is 19.8 Å². The van der Waals surface area contributed by atoms with Crippen molar-refractivity contribution in [3.63, 3.8) is 0 Å². The molecule has 0 aliphatic carbocycles. The van der Waals surface area contributed by atoms with Gasteiger partial charge in [-0.3, -0.25) is 0 Å². The predicted molar refractivity (Wildman–Crippen MR) is 65.7 cm³/mol. The molecule has 0 spiro atoms. The van der Waals surface area contributed by atoms with Crippen LogP contribution < -0.4 is 5.73 Å². The van der Waals surface area contributed by atoms with Gasteiger partial charge in [0.15, 0.2) is 0 Å². The lowest BCUT2D eigenvalue weighted by molar-refractivity contribution is 0.579. The average molecular weight is 235 g/mol. The number of nitrogens with two attached hydrogens (primary N) is 1. The zero-order valence-electron chi connectivity index (χ0n) is 10.0. The van der Waals surface area contributed by atoms with Gasteiger partial charge < -0.3 is 5.73 Å². The van der Waals surface area contributed by atoms with E-state index in [2.05, 4.69) is 6.92 Å². The Bertz CT molecular complexity index is 235. The van der Waals surface area contributed by atoms with Crippen LogP contribution in [0, 0.1) is 0 Å². The molecule has 0 fully saturated rings. The molecule has 15 heavy (non-hydrogen) atoms. The van der Waals surface area contributed by atoms with Crippen LogP contribution in [0.3, 0.4) is 0 Å². The first-order valence-electron chi connectivity index (χ1n) is 5.94. The van der Waals surface area contributed by atoms with E-state index in [1.54, 1.807) is 0 Å². The molecule has 0 aliphatic heterocycles. The van der Waals surface area contributed by atoms with Crippen molar-refractivity contribution in [3.05, 3.63) is 0 Å². The molecule has 0 aromatic carbocycles. The van der Waals surface area contributed by atoms with Crippen molar-refractivity contribution >= 4 is 9.84 Å². The Kier molecular flexibility index (Phi) is 8.06. The van der Waals surface area contributed by atoms with E-state index < -0.39 is 9.84 Å². The molecule has 0 aromatic heterocycles. The van der Waals surface area contributed by atoms with E-state index in [0.717, 1.165) is 19.3 Å². The standard InChI is InChI=1S/C11H25NO2S/c1-3-4-5-6-7-9-15(13,14)10-8-11(2)12/h11H,3-10,12H2,1-2H3. The lowest BCUT2D eigenvalue weighted by Crippen LogP contribution is -2.21. The predicted octanol–water partition coefficient (Wildman–Crippen LogP) is 2.11. The monoisotopic (exact) mass is 235 g/mol. The van der Waals surface area contributed by atoms with Crippen LogP contribution in [0.2, 0.25) is 0 Å². The highest BCUT2D eigenvalue weighted by Gasteiger charge is 2.10. The Morgan fingerprint density at radius 1 is 1.07 bits per heavy atom. The van der Waals surface area contributed by atoms with Crippen molar-refractivity contribution in [1.29, 1.82) is 0 Å². The van der Waals surface area contributed by atoms with Crippen molar-refractivity contribution in [1.82, 2.24) is 0 Å². The zero-order valence-corrected chi connectivity index (χ0v) is 10.9. The Hall–Kier alpha value is -0.0900. The van der Waals surface area contributed by atoms with E-state index in [9.17, 15) is 8.42 Å². The maximum Gasteiger partial charge on any atom is 0.150 e. The van der Waals surface area contributed by atoms with Gasteiger partial charge in [0, 0.05) is 6.04 Å². The van der Waals surface area contributed by atoms with Crippen molar-refractivity contribution in [2.45, 2.75) is 58.4 Å². The van der Waals surface area contributed by atoms with Crippen molar-refractivity contribution < 1.29 is 8.42 Å². The SMILES string of the molecule is CCCCCCCS(=O)(=O)CCC(C)N. The Morgan fingerprint density at radius 2 is 1.67 bits per heavy atom. The summed E-state index contributed by atoms with van der Waals surface area (Å²) in [5.41, 5.74) is 5.53. The minimum absolute atomic E-state index is 0.0140. The number of unbranched alkanes of at least 4 members (excludes halogenated alkanes) is 4. The fourth-order valence-electron chi connectivity index (χ4n) is 1.39. The van der Waals surface area contributed by atoms with Gasteiger partial charge >= 0.3 is 0 Å². The quantitative estimate of drug-likeness (QED) is 0.623. The number of rotatable bonds is 9. The van der Waals surface area contributed by atoms with Gasteiger partial charge in [-0.15, -0.1) is 0 Å². The second kappa shape index (κ2) is 8.11. The summed E-state index contributed by atoms with van der Waals surface area (Å²) in [4.78, 5) is 0. The molecule has 0 saturated carbocycles. The third kappa shape index (κ3) is 10.2. The van der Waals surface area contributed by atoms with Gasteiger partial charge in [0.2, 0.25) is 0 Å². The van der Waals surface area contributed by atoms with Gasteiger partial charge in [0.1, 0.15) is 9.84 Å². The molecule has 4 heteroatoms. The van der Waals surface area contributed by atoms with E-state index in [1.807, 2.05) is 6.92 Å². The lowest BCUT2D eigenvalue weighted by Gasteiger charge is -2.06. The van der Waals surface area contributed by atoms with Gasteiger partial charge in [0.05, 0.1) is 11.5 Å². The Labute approximate surface area is 94.4 Å². The van der Waals surface area contributed by atoms with Crippen LogP contribution in [-0.4, -0.2) is 26.0 Å². The molecule has 92 valence electrons.